The van der Waals surface area contributed by atoms with Crippen LogP contribution in [0.1, 0.15) is 5.69 Å². The molecule has 86 valence electrons. The third-order valence-electron chi connectivity index (χ3n) is 1.84. The number of hydrogen-bond donors (Lipinski definition) is 2. The van der Waals surface area contributed by atoms with Gasteiger partial charge in [0, 0.05) is 19.3 Å². The van der Waals surface area contributed by atoms with Gasteiger partial charge in [-0.3, -0.25) is 4.79 Å². The predicted octanol–water partition coefficient (Wildman–Crippen LogP) is -0.642. The highest BCUT2D eigenvalue weighted by molar-refractivity contribution is 7.91. The van der Waals surface area contributed by atoms with Gasteiger partial charge in [-0.2, -0.15) is 4.31 Å². The van der Waals surface area contributed by atoms with Crippen LogP contribution < -0.4 is 4.87 Å². The number of sulfonamides is 1. The predicted molar refractivity (Wildman–Crippen MR) is 56.6 cm³/mol. The van der Waals surface area contributed by atoms with Crippen LogP contribution in [0.25, 0.3) is 0 Å². The number of aromatic amines is 1. The Morgan fingerprint density at radius 1 is 1.53 bits per heavy atom. The first-order valence-electron chi connectivity index (χ1n) is 4.16. The highest BCUT2D eigenvalue weighted by Gasteiger charge is 2.25. The smallest absolute Gasteiger partial charge is 0.305 e. The van der Waals surface area contributed by atoms with Gasteiger partial charge in [0.05, 0.1) is 6.61 Å². The molecule has 0 atom stereocenters. The molecule has 0 aliphatic carbocycles. The van der Waals surface area contributed by atoms with Crippen LogP contribution in [0.15, 0.2) is 9.00 Å². The Kier molecular flexibility index (Phi) is 3.66. The quantitative estimate of drug-likeness (QED) is 0.745. The Morgan fingerprint density at radius 2 is 2.13 bits per heavy atom. The molecule has 1 heterocycles. The van der Waals surface area contributed by atoms with Gasteiger partial charge in [0.25, 0.3) is 10.0 Å². The van der Waals surface area contributed by atoms with Crippen LogP contribution in [0.5, 0.6) is 0 Å². The third-order valence-corrected chi connectivity index (χ3v) is 5.28. The van der Waals surface area contributed by atoms with Crippen LogP contribution in [-0.2, 0) is 10.0 Å². The molecule has 0 unspecified atom stereocenters. The van der Waals surface area contributed by atoms with Gasteiger partial charge in [-0.25, -0.2) is 8.42 Å². The van der Waals surface area contributed by atoms with Crippen molar-refractivity contribution < 1.29 is 13.5 Å². The summed E-state index contributed by atoms with van der Waals surface area (Å²) in [5.41, 5.74) is 0.329. The minimum atomic E-state index is -3.65. The Bertz CT molecular complexity index is 487. The average molecular weight is 252 g/mol. The van der Waals surface area contributed by atoms with Crippen molar-refractivity contribution in [2.75, 3.05) is 20.2 Å². The summed E-state index contributed by atoms with van der Waals surface area (Å²) in [6.07, 6.45) is 0. The second-order valence-corrected chi connectivity index (χ2v) is 6.20. The molecule has 1 aromatic rings. The Hall–Kier alpha value is -0.700. The Labute approximate surface area is 91.2 Å². The maximum absolute atomic E-state index is 11.8. The van der Waals surface area contributed by atoms with Crippen molar-refractivity contribution in [3.8, 4) is 0 Å². The summed E-state index contributed by atoms with van der Waals surface area (Å²) < 4.78 is 24.7. The van der Waals surface area contributed by atoms with E-state index in [1.54, 1.807) is 0 Å². The van der Waals surface area contributed by atoms with Crippen LogP contribution in [0, 0.1) is 6.92 Å². The molecule has 0 aliphatic heterocycles. The number of hydrogen-bond acceptors (Lipinski definition) is 5. The lowest BCUT2D eigenvalue weighted by Gasteiger charge is -2.14. The Morgan fingerprint density at radius 3 is 2.53 bits per heavy atom. The molecule has 0 spiro atoms. The van der Waals surface area contributed by atoms with Gasteiger partial charge in [0.1, 0.15) is 0 Å². The molecule has 1 aromatic heterocycles. The van der Waals surface area contributed by atoms with Gasteiger partial charge in [0.15, 0.2) is 4.21 Å². The molecule has 0 aromatic carbocycles. The molecule has 15 heavy (non-hydrogen) atoms. The van der Waals surface area contributed by atoms with E-state index < -0.39 is 14.9 Å². The lowest BCUT2D eigenvalue weighted by atomic mass is 10.6. The summed E-state index contributed by atoms with van der Waals surface area (Å²) >= 11 is 0.653. The number of aryl methyl sites for hydroxylation is 1. The molecule has 0 aliphatic rings. The molecule has 0 radical (unpaired) electrons. The zero-order chi connectivity index (χ0) is 11.6. The average Bonchev–Trinajstić information content (AvgIpc) is 2.46. The minimum absolute atomic E-state index is 0.00319. The highest BCUT2D eigenvalue weighted by atomic mass is 32.2. The minimum Gasteiger partial charge on any atom is -0.395 e. The Balaban J connectivity index is 3.17. The number of aliphatic hydroxyl groups excluding tert-OH is 1. The van der Waals surface area contributed by atoms with E-state index in [-0.39, 0.29) is 17.4 Å². The van der Waals surface area contributed by atoms with E-state index >= 15 is 0 Å². The van der Waals surface area contributed by atoms with Gasteiger partial charge >= 0.3 is 4.87 Å². The van der Waals surface area contributed by atoms with Gasteiger partial charge in [-0.15, -0.1) is 0 Å². The van der Waals surface area contributed by atoms with Crippen LogP contribution >= 0.6 is 11.3 Å². The van der Waals surface area contributed by atoms with Crippen molar-refractivity contribution in [2.24, 2.45) is 0 Å². The second kappa shape index (κ2) is 4.44. The van der Waals surface area contributed by atoms with E-state index in [4.69, 9.17) is 5.11 Å². The topological polar surface area (TPSA) is 90.5 Å². The molecular formula is C7H12N2O4S2. The van der Waals surface area contributed by atoms with Crippen molar-refractivity contribution in [2.45, 2.75) is 11.1 Å². The molecule has 0 amide bonds. The first kappa shape index (κ1) is 12.4. The number of likely N-dealkylation sites (N-methyl/N-ethyl adjacent to an activating group) is 1. The molecule has 2 N–H and O–H groups in total. The van der Waals surface area contributed by atoms with Crippen molar-refractivity contribution in [3.63, 3.8) is 0 Å². The van der Waals surface area contributed by atoms with Crippen molar-refractivity contribution >= 4 is 21.4 Å². The summed E-state index contributed by atoms with van der Waals surface area (Å²) in [4.78, 5) is 13.0. The standard InChI is InChI=1S/C7H12N2O4S2/c1-5-6(14-7(11)8-5)15(12,13)9(2)3-4-10/h10H,3-4H2,1-2H3,(H,8,11). The molecule has 0 bridgehead atoms. The van der Waals surface area contributed by atoms with Gasteiger partial charge < -0.3 is 10.1 Å². The third kappa shape index (κ3) is 2.46. The van der Waals surface area contributed by atoms with Crippen LogP contribution in [-0.4, -0.2) is 43.0 Å². The van der Waals surface area contributed by atoms with Crippen molar-refractivity contribution in [1.82, 2.24) is 9.29 Å². The lowest BCUT2D eigenvalue weighted by molar-refractivity contribution is 0.266. The second-order valence-electron chi connectivity index (χ2n) is 2.98. The maximum Gasteiger partial charge on any atom is 0.305 e. The van der Waals surface area contributed by atoms with Crippen molar-refractivity contribution in [1.29, 1.82) is 0 Å². The fourth-order valence-electron chi connectivity index (χ4n) is 1.04. The summed E-state index contributed by atoms with van der Waals surface area (Å²) in [5.74, 6) is 0. The molecule has 0 fully saturated rings. The monoisotopic (exact) mass is 252 g/mol. The number of nitrogens with one attached hydrogen (secondary N) is 1. The van der Waals surface area contributed by atoms with Crippen LogP contribution in [0.4, 0.5) is 0 Å². The van der Waals surface area contributed by atoms with E-state index in [9.17, 15) is 13.2 Å². The fraction of sp³-hybridized carbons (Fsp3) is 0.571. The molecule has 1 rings (SSSR count). The largest absolute Gasteiger partial charge is 0.395 e. The number of H-pyrrole nitrogens is 1. The van der Waals surface area contributed by atoms with Crippen LogP contribution in [0.3, 0.4) is 0 Å². The molecular weight excluding hydrogens is 240 g/mol. The zero-order valence-electron chi connectivity index (χ0n) is 8.35. The fourth-order valence-corrected chi connectivity index (χ4v) is 3.69. The molecule has 0 saturated carbocycles. The summed E-state index contributed by atoms with van der Waals surface area (Å²) in [7, 11) is -2.29. The van der Waals surface area contributed by atoms with E-state index in [1.807, 2.05) is 0 Å². The first-order valence-corrected chi connectivity index (χ1v) is 6.42. The van der Waals surface area contributed by atoms with Gasteiger partial charge in [-0.1, -0.05) is 11.3 Å². The summed E-state index contributed by atoms with van der Waals surface area (Å²) in [5, 5.41) is 8.65. The number of nitrogens with zero attached hydrogens (tertiary/aromatic N) is 1. The number of thiazole rings is 1. The van der Waals surface area contributed by atoms with Crippen molar-refractivity contribution in [3.05, 3.63) is 15.4 Å². The number of aliphatic hydroxyl groups is 1. The van der Waals surface area contributed by atoms with Crippen LogP contribution in [0.2, 0.25) is 0 Å². The molecule has 8 heteroatoms. The van der Waals surface area contributed by atoms with Gasteiger partial charge in [-0.05, 0) is 6.92 Å². The van der Waals surface area contributed by atoms with E-state index in [2.05, 4.69) is 4.98 Å². The molecule has 6 nitrogen and oxygen atoms in total. The molecule has 0 saturated heterocycles. The number of aromatic nitrogens is 1. The number of rotatable bonds is 4. The highest BCUT2D eigenvalue weighted by Crippen LogP contribution is 2.19. The maximum atomic E-state index is 11.8. The van der Waals surface area contributed by atoms with Gasteiger partial charge in [0.2, 0.25) is 0 Å². The summed E-state index contributed by atoms with van der Waals surface area (Å²) in [6.45, 7) is 1.28. The lowest BCUT2D eigenvalue weighted by Crippen LogP contribution is -2.29. The van der Waals surface area contributed by atoms with E-state index in [1.165, 1.54) is 14.0 Å². The van der Waals surface area contributed by atoms with E-state index in [0.29, 0.717) is 17.0 Å². The normalized spacial score (nSPS) is 12.3. The van der Waals surface area contributed by atoms with E-state index in [0.717, 1.165) is 4.31 Å². The zero-order valence-corrected chi connectivity index (χ0v) is 9.98. The first-order chi connectivity index (χ1) is 6.89. The summed E-state index contributed by atoms with van der Waals surface area (Å²) in [6, 6.07) is 0. The SMILES string of the molecule is Cc1[nH]c(=O)sc1S(=O)(=O)N(C)CCO.